The van der Waals surface area contributed by atoms with Gasteiger partial charge in [0.25, 0.3) is 0 Å². The van der Waals surface area contributed by atoms with Gasteiger partial charge >= 0.3 is 59.1 Å². The van der Waals surface area contributed by atoms with Crippen LogP contribution in [0.15, 0.2) is 0 Å². The van der Waals surface area contributed by atoms with Gasteiger partial charge in [0.2, 0.25) is 0 Å². The van der Waals surface area contributed by atoms with Crippen LogP contribution in [0.4, 0.5) is 0 Å². The second-order valence-electron chi connectivity index (χ2n) is 1.53. The van der Waals surface area contributed by atoms with E-state index in [2.05, 4.69) is 0 Å². The number of hydrogen-bond acceptors (Lipinski definition) is 6. The van der Waals surface area contributed by atoms with Crippen LogP contribution in [0.1, 0.15) is 0 Å². The number of carboxylic acid groups (broad SMARTS) is 2. The molecule has 0 radical (unpaired) electrons. The van der Waals surface area contributed by atoms with Crippen molar-refractivity contribution in [3.8, 4) is 0 Å². The number of aliphatic carboxylic acids is 2. The molecule has 10 nitrogen and oxygen atoms in total. The Kier molecular flexibility index (Phi) is 57.5. The van der Waals surface area contributed by atoms with Crippen molar-refractivity contribution in [1.82, 2.24) is 0 Å². The fourth-order valence-electron chi connectivity index (χ4n) is 0.258. The molecule has 0 aromatic rings. The molecule has 0 bridgehead atoms. The van der Waals surface area contributed by atoms with Gasteiger partial charge in [-0.1, -0.05) is 0 Å². The predicted molar refractivity (Wildman–Crippen MR) is 36.5 cm³/mol. The van der Waals surface area contributed by atoms with Crippen molar-refractivity contribution in [2.24, 2.45) is 0 Å². The number of hydrogen-bond donors (Lipinski definition) is 2. The first-order valence-corrected chi connectivity index (χ1v) is 2.24. The van der Waals surface area contributed by atoms with Gasteiger partial charge in [-0.05, 0) is 0 Å². The molecule has 0 aliphatic rings. The molecule has 16 heavy (non-hydrogen) atoms. The maximum absolute atomic E-state index is 9.63. The molecule has 0 aliphatic carbocycles. The molecule has 0 saturated carbocycles. The monoisotopic (exact) mass is 266 g/mol. The first-order valence-electron chi connectivity index (χ1n) is 2.24. The molecule has 0 amide bonds. The van der Waals surface area contributed by atoms with E-state index in [1.807, 2.05) is 0 Å². The van der Waals surface area contributed by atoms with Crippen LogP contribution in [-0.4, -0.2) is 56.3 Å². The van der Waals surface area contributed by atoms with E-state index in [0.29, 0.717) is 0 Å². The SMILES string of the molecule is O.O.O.O.O=C([O-])C(O)C(O)C(=O)[O-].[Na+].[Na+]. The molecule has 2 unspecified atom stereocenters. The van der Waals surface area contributed by atoms with Crippen molar-refractivity contribution < 1.29 is 111 Å². The van der Waals surface area contributed by atoms with Crippen LogP contribution in [0.2, 0.25) is 0 Å². The summed E-state index contributed by atoms with van der Waals surface area (Å²) in [7, 11) is 0. The van der Waals surface area contributed by atoms with Gasteiger partial charge in [0, 0.05) is 0 Å². The van der Waals surface area contributed by atoms with Gasteiger partial charge in [0.05, 0.1) is 11.9 Å². The molecule has 0 fully saturated rings. The molecule has 0 aromatic heterocycles. The topological polar surface area (TPSA) is 247 Å². The van der Waals surface area contributed by atoms with Crippen LogP contribution in [0.25, 0.3) is 0 Å². The van der Waals surface area contributed by atoms with Crippen LogP contribution in [0, 0.1) is 0 Å². The van der Waals surface area contributed by atoms with Crippen molar-refractivity contribution >= 4 is 11.9 Å². The summed E-state index contributed by atoms with van der Waals surface area (Å²) < 4.78 is 0. The second kappa shape index (κ2) is 21.0. The summed E-state index contributed by atoms with van der Waals surface area (Å²) in [4.78, 5) is 19.3. The fraction of sp³-hybridized carbons (Fsp3) is 0.500. The summed E-state index contributed by atoms with van der Waals surface area (Å²) >= 11 is 0. The summed E-state index contributed by atoms with van der Waals surface area (Å²) in [6.45, 7) is 0. The van der Waals surface area contributed by atoms with Crippen LogP contribution in [0.3, 0.4) is 0 Å². The molecule has 0 spiro atoms. The van der Waals surface area contributed by atoms with Gasteiger partial charge < -0.3 is 51.9 Å². The maximum atomic E-state index is 9.63. The summed E-state index contributed by atoms with van der Waals surface area (Å²) in [5.74, 6) is -4.12. The maximum Gasteiger partial charge on any atom is 1.00 e. The van der Waals surface area contributed by atoms with Gasteiger partial charge in [-0.15, -0.1) is 0 Å². The van der Waals surface area contributed by atoms with Crippen molar-refractivity contribution in [2.75, 3.05) is 0 Å². The van der Waals surface area contributed by atoms with Crippen LogP contribution < -0.4 is 69.3 Å². The Morgan fingerprint density at radius 2 is 0.875 bits per heavy atom. The van der Waals surface area contributed by atoms with Crippen molar-refractivity contribution in [2.45, 2.75) is 12.2 Å². The Hall–Kier alpha value is 0.700. The third-order valence-corrected chi connectivity index (χ3v) is 0.782. The molecule has 0 heterocycles. The molecule has 90 valence electrons. The molecule has 12 heteroatoms. The van der Waals surface area contributed by atoms with Gasteiger partial charge in [-0.25, -0.2) is 0 Å². The molecule has 10 N–H and O–H groups in total. The van der Waals surface area contributed by atoms with E-state index in [1.54, 1.807) is 0 Å². The van der Waals surface area contributed by atoms with E-state index in [-0.39, 0.29) is 81.0 Å². The first kappa shape index (κ1) is 43.7. The number of carbonyl (C=O) groups is 2. The Morgan fingerprint density at radius 1 is 0.750 bits per heavy atom. The average molecular weight is 266 g/mol. The Labute approximate surface area is 134 Å². The van der Waals surface area contributed by atoms with Crippen molar-refractivity contribution in [3.63, 3.8) is 0 Å². The van der Waals surface area contributed by atoms with Gasteiger partial charge in [0.1, 0.15) is 12.2 Å². The molecular formula is C4H12Na2O10. The third kappa shape index (κ3) is 17.1. The molecule has 2 atom stereocenters. The largest absolute Gasteiger partial charge is 1.00 e. The van der Waals surface area contributed by atoms with Gasteiger partial charge in [-0.2, -0.15) is 0 Å². The summed E-state index contributed by atoms with van der Waals surface area (Å²) in [6, 6.07) is 0. The van der Waals surface area contributed by atoms with E-state index in [0.717, 1.165) is 0 Å². The minimum absolute atomic E-state index is 0. The zero-order valence-corrected chi connectivity index (χ0v) is 12.7. The number of aliphatic hydroxyl groups excluding tert-OH is 2. The number of carboxylic acids is 2. The minimum Gasteiger partial charge on any atom is -0.547 e. The average Bonchev–Trinajstić information content (AvgIpc) is 1.84. The standard InChI is InChI=1S/C4H6O6.2Na.4H2O/c5-1(3(7)8)2(6)4(9)10;;;;;;/h1-2,5-6H,(H,7,8)(H,9,10);;;4*1H2/q;2*+1;;;;/p-2. The predicted octanol–water partition coefficient (Wildman–Crippen LogP) is -14.1. The molecular weight excluding hydrogens is 254 g/mol. The zero-order chi connectivity index (χ0) is 8.31. The van der Waals surface area contributed by atoms with Crippen molar-refractivity contribution in [1.29, 1.82) is 0 Å². The Balaban J connectivity index is -0.0000000270. The van der Waals surface area contributed by atoms with E-state index < -0.39 is 24.1 Å². The summed E-state index contributed by atoms with van der Waals surface area (Å²) in [5, 5.41) is 35.7. The van der Waals surface area contributed by atoms with Gasteiger partial charge in [-0.3, -0.25) is 0 Å². The first-order chi connectivity index (χ1) is 4.46. The minimum atomic E-state index is -2.44. The Morgan fingerprint density at radius 3 is 0.938 bits per heavy atom. The number of aliphatic hydroxyl groups is 2. The van der Waals surface area contributed by atoms with Crippen LogP contribution >= 0.6 is 0 Å². The smallest absolute Gasteiger partial charge is 0.547 e. The van der Waals surface area contributed by atoms with E-state index in [4.69, 9.17) is 10.2 Å². The Bertz CT molecular complexity index is 145. The molecule has 0 aliphatic heterocycles. The molecule has 0 rings (SSSR count). The summed E-state index contributed by atoms with van der Waals surface area (Å²) in [5.41, 5.74) is 0. The van der Waals surface area contributed by atoms with Crippen LogP contribution in [0.5, 0.6) is 0 Å². The normalized spacial score (nSPS) is 9.88. The second-order valence-corrected chi connectivity index (χ2v) is 1.53. The molecule has 0 saturated heterocycles. The van der Waals surface area contributed by atoms with E-state index >= 15 is 0 Å². The third-order valence-electron chi connectivity index (χ3n) is 0.782. The van der Waals surface area contributed by atoms with Crippen LogP contribution in [-0.2, 0) is 9.59 Å². The summed E-state index contributed by atoms with van der Waals surface area (Å²) in [6.07, 6.45) is -4.88. The van der Waals surface area contributed by atoms with Gasteiger partial charge in [0.15, 0.2) is 0 Å². The van der Waals surface area contributed by atoms with E-state index in [1.165, 1.54) is 0 Å². The number of rotatable bonds is 3. The fourth-order valence-corrected chi connectivity index (χ4v) is 0.258. The molecule has 0 aromatic carbocycles. The zero-order valence-electron chi connectivity index (χ0n) is 8.68. The number of carbonyl (C=O) groups excluding carboxylic acids is 2. The van der Waals surface area contributed by atoms with Crippen molar-refractivity contribution in [3.05, 3.63) is 0 Å². The van der Waals surface area contributed by atoms with E-state index in [9.17, 15) is 19.8 Å². The quantitative estimate of drug-likeness (QED) is 0.468.